The lowest BCUT2D eigenvalue weighted by atomic mass is 9.98. The predicted molar refractivity (Wildman–Crippen MR) is 81.8 cm³/mol. The van der Waals surface area contributed by atoms with Crippen LogP contribution in [0.1, 0.15) is 5.56 Å². The topological polar surface area (TPSA) is 0 Å². The smallest absolute Gasteiger partial charge is 0.194 e. The van der Waals surface area contributed by atoms with Crippen molar-refractivity contribution in [1.82, 2.24) is 0 Å². The van der Waals surface area contributed by atoms with Gasteiger partial charge in [-0.25, -0.2) is 22.0 Å². The van der Waals surface area contributed by atoms with Gasteiger partial charge in [-0.1, -0.05) is 24.3 Å². The second kappa shape index (κ2) is 6.07. The van der Waals surface area contributed by atoms with Gasteiger partial charge < -0.3 is 0 Å². The summed E-state index contributed by atoms with van der Waals surface area (Å²) in [5.41, 5.74) is 0.980. The van der Waals surface area contributed by atoms with E-state index in [-0.39, 0.29) is 22.3 Å². The lowest BCUT2D eigenvalue weighted by Crippen LogP contribution is -1.94. The fourth-order valence-electron chi connectivity index (χ4n) is 2.48. The van der Waals surface area contributed by atoms with Crippen molar-refractivity contribution < 1.29 is 22.0 Å². The Kier molecular flexibility index (Phi) is 4.09. The number of benzene rings is 3. The van der Waals surface area contributed by atoms with Gasteiger partial charge in [0.05, 0.1) is 0 Å². The van der Waals surface area contributed by atoms with Crippen LogP contribution in [0.25, 0.3) is 22.3 Å². The highest BCUT2D eigenvalue weighted by Crippen LogP contribution is 2.31. The fraction of sp³-hybridized carbons (Fsp3) is 0.0526. The van der Waals surface area contributed by atoms with Gasteiger partial charge >= 0.3 is 0 Å². The zero-order valence-electron chi connectivity index (χ0n) is 12.5. The minimum atomic E-state index is -1.61. The third kappa shape index (κ3) is 2.89. The average Bonchev–Trinajstić information content (AvgIpc) is 2.52. The minimum Gasteiger partial charge on any atom is -0.206 e. The quantitative estimate of drug-likeness (QED) is 0.397. The summed E-state index contributed by atoms with van der Waals surface area (Å²) >= 11 is 0. The van der Waals surface area contributed by atoms with Crippen LogP contribution in [0.2, 0.25) is 0 Å². The molecule has 0 fully saturated rings. The molecule has 0 bridgehead atoms. The van der Waals surface area contributed by atoms with E-state index >= 15 is 0 Å². The van der Waals surface area contributed by atoms with Crippen LogP contribution in [0, 0.1) is 36.0 Å². The first-order valence-corrected chi connectivity index (χ1v) is 7.08. The van der Waals surface area contributed by atoms with E-state index in [1.165, 1.54) is 24.3 Å². The maximum atomic E-state index is 14.3. The lowest BCUT2D eigenvalue weighted by Gasteiger charge is -2.09. The Morgan fingerprint density at radius 3 is 1.62 bits per heavy atom. The SMILES string of the molecule is Cc1ccc(-c2ccc(-c3cc(F)c(F)c(F)c3)c(F)c2)c(F)c1. The second-order valence-corrected chi connectivity index (χ2v) is 5.43. The summed E-state index contributed by atoms with van der Waals surface area (Å²) in [6.45, 7) is 1.73. The number of hydrogen-bond acceptors (Lipinski definition) is 0. The largest absolute Gasteiger partial charge is 0.206 e. The van der Waals surface area contributed by atoms with Crippen molar-refractivity contribution >= 4 is 0 Å². The highest BCUT2D eigenvalue weighted by molar-refractivity contribution is 5.71. The summed E-state index contributed by atoms with van der Waals surface area (Å²) in [5, 5.41) is 0. The first-order valence-electron chi connectivity index (χ1n) is 7.08. The molecule has 0 aliphatic rings. The van der Waals surface area contributed by atoms with E-state index in [9.17, 15) is 22.0 Å². The van der Waals surface area contributed by atoms with Crippen molar-refractivity contribution in [2.24, 2.45) is 0 Å². The molecule has 0 amide bonds. The molecule has 122 valence electrons. The van der Waals surface area contributed by atoms with Crippen LogP contribution in [-0.4, -0.2) is 0 Å². The standard InChI is InChI=1S/C19H11F5/c1-10-2-4-13(15(20)6-10)11-3-5-14(16(21)7-11)12-8-17(22)19(24)18(23)9-12/h2-9H,1H3. The molecule has 0 saturated carbocycles. The summed E-state index contributed by atoms with van der Waals surface area (Å²) in [5.74, 6) is -5.72. The molecule has 0 N–H and O–H groups in total. The molecule has 3 aromatic carbocycles. The molecule has 0 unspecified atom stereocenters. The molecule has 0 aliphatic carbocycles. The van der Waals surface area contributed by atoms with E-state index in [1.54, 1.807) is 13.0 Å². The van der Waals surface area contributed by atoms with Crippen molar-refractivity contribution in [3.05, 3.63) is 83.2 Å². The monoisotopic (exact) mass is 334 g/mol. The van der Waals surface area contributed by atoms with E-state index in [2.05, 4.69) is 0 Å². The highest BCUT2D eigenvalue weighted by Gasteiger charge is 2.15. The van der Waals surface area contributed by atoms with Crippen LogP contribution in [0.4, 0.5) is 22.0 Å². The van der Waals surface area contributed by atoms with E-state index in [1.807, 2.05) is 0 Å². The van der Waals surface area contributed by atoms with Gasteiger partial charge in [-0.3, -0.25) is 0 Å². The molecule has 3 aromatic rings. The summed E-state index contributed by atoms with van der Waals surface area (Å²) in [6, 6.07) is 9.74. The predicted octanol–water partition coefficient (Wildman–Crippen LogP) is 6.02. The Balaban J connectivity index is 2.08. The van der Waals surface area contributed by atoms with Gasteiger partial charge in [0.15, 0.2) is 17.5 Å². The number of hydrogen-bond donors (Lipinski definition) is 0. The van der Waals surface area contributed by atoms with Crippen molar-refractivity contribution in [3.63, 3.8) is 0 Å². The van der Waals surface area contributed by atoms with Gasteiger partial charge in [0, 0.05) is 11.1 Å². The molecular formula is C19H11F5. The van der Waals surface area contributed by atoms with Crippen molar-refractivity contribution in [1.29, 1.82) is 0 Å². The van der Waals surface area contributed by atoms with Crippen molar-refractivity contribution in [3.8, 4) is 22.3 Å². The Hall–Kier alpha value is -2.69. The van der Waals surface area contributed by atoms with Gasteiger partial charge in [0.2, 0.25) is 0 Å². The fourth-order valence-corrected chi connectivity index (χ4v) is 2.48. The average molecular weight is 334 g/mol. The molecule has 0 spiro atoms. The third-order valence-electron chi connectivity index (χ3n) is 3.70. The summed E-state index contributed by atoms with van der Waals surface area (Å²) < 4.78 is 67.9. The Labute approximate surface area is 135 Å². The van der Waals surface area contributed by atoms with Crippen molar-refractivity contribution in [2.45, 2.75) is 6.92 Å². The minimum absolute atomic E-state index is 0.107. The van der Waals surface area contributed by atoms with Crippen LogP contribution in [0.15, 0.2) is 48.5 Å². The molecule has 3 rings (SSSR count). The van der Waals surface area contributed by atoms with E-state index in [0.717, 1.165) is 11.6 Å². The number of aryl methyl sites for hydroxylation is 1. The molecular weight excluding hydrogens is 323 g/mol. The Bertz CT molecular complexity index is 908. The molecule has 0 nitrogen and oxygen atoms in total. The molecule has 0 radical (unpaired) electrons. The van der Waals surface area contributed by atoms with Crippen molar-refractivity contribution in [2.75, 3.05) is 0 Å². The summed E-state index contributed by atoms with van der Waals surface area (Å²) in [4.78, 5) is 0. The van der Waals surface area contributed by atoms with Crippen LogP contribution >= 0.6 is 0 Å². The maximum absolute atomic E-state index is 14.3. The van der Waals surface area contributed by atoms with Crippen LogP contribution in [-0.2, 0) is 0 Å². The Morgan fingerprint density at radius 1 is 0.542 bits per heavy atom. The van der Waals surface area contributed by atoms with Crippen LogP contribution in [0.5, 0.6) is 0 Å². The summed E-state index contributed by atoms with van der Waals surface area (Å²) in [7, 11) is 0. The molecule has 0 saturated heterocycles. The van der Waals surface area contributed by atoms with E-state index in [4.69, 9.17) is 0 Å². The highest BCUT2D eigenvalue weighted by atomic mass is 19.2. The van der Waals surface area contributed by atoms with Crippen LogP contribution < -0.4 is 0 Å². The van der Waals surface area contributed by atoms with E-state index in [0.29, 0.717) is 12.1 Å². The Morgan fingerprint density at radius 2 is 1.04 bits per heavy atom. The number of rotatable bonds is 2. The van der Waals surface area contributed by atoms with Gasteiger partial charge in [-0.05, 0) is 47.9 Å². The first-order chi connectivity index (χ1) is 11.4. The molecule has 0 atom stereocenters. The maximum Gasteiger partial charge on any atom is 0.194 e. The lowest BCUT2D eigenvalue weighted by molar-refractivity contribution is 0.447. The zero-order chi connectivity index (χ0) is 17.4. The second-order valence-electron chi connectivity index (χ2n) is 5.43. The third-order valence-corrected chi connectivity index (χ3v) is 3.70. The van der Waals surface area contributed by atoms with Gasteiger partial charge in [-0.15, -0.1) is 0 Å². The van der Waals surface area contributed by atoms with Gasteiger partial charge in [0.25, 0.3) is 0 Å². The van der Waals surface area contributed by atoms with E-state index < -0.39 is 29.1 Å². The van der Waals surface area contributed by atoms with Gasteiger partial charge in [-0.2, -0.15) is 0 Å². The zero-order valence-corrected chi connectivity index (χ0v) is 12.5. The number of halogens is 5. The molecule has 0 aliphatic heterocycles. The molecule has 0 aromatic heterocycles. The van der Waals surface area contributed by atoms with Gasteiger partial charge in [0.1, 0.15) is 11.6 Å². The normalized spacial score (nSPS) is 10.9. The molecule has 0 heterocycles. The first kappa shape index (κ1) is 16.2. The molecule has 24 heavy (non-hydrogen) atoms. The summed E-state index contributed by atoms with van der Waals surface area (Å²) in [6.07, 6.45) is 0. The molecule has 5 heteroatoms. The van der Waals surface area contributed by atoms with Crippen LogP contribution in [0.3, 0.4) is 0 Å².